The predicted molar refractivity (Wildman–Crippen MR) is 57.5 cm³/mol. The Labute approximate surface area is 90.2 Å². The van der Waals surface area contributed by atoms with Gasteiger partial charge in [0.05, 0.1) is 6.42 Å². The molecule has 1 unspecified atom stereocenters. The molecule has 84 valence electrons. The van der Waals surface area contributed by atoms with E-state index >= 15 is 0 Å². The lowest BCUT2D eigenvalue weighted by Gasteiger charge is -2.20. The minimum Gasteiger partial charge on any atom is -0.481 e. The van der Waals surface area contributed by atoms with Gasteiger partial charge in [0, 0.05) is 5.92 Å². The van der Waals surface area contributed by atoms with E-state index in [1.165, 1.54) is 5.57 Å². The minimum absolute atomic E-state index is 0.000648. The Kier molecular flexibility index (Phi) is 4.06. The summed E-state index contributed by atoms with van der Waals surface area (Å²) < 4.78 is 0. The number of hydrogen-bond donors (Lipinski definition) is 1. The molecule has 1 aliphatic carbocycles. The van der Waals surface area contributed by atoms with E-state index in [0.717, 1.165) is 12.8 Å². The fourth-order valence-corrected chi connectivity index (χ4v) is 1.99. The van der Waals surface area contributed by atoms with Crippen LogP contribution in [0, 0.1) is 11.8 Å². The Morgan fingerprint density at radius 3 is 2.73 bits per heavy atom. The molecule has 0 aromatic rings. The number of aliphatic carboxylic acids is 1. The van der Waals surface area contributed by atoms with E-state index in [1.54, 1.807) is 6.08 Å². The van der Waals surface area contributed by atoms with Crippen molar-refractivity contribution >= 4 is 11.8 Å². The Morgan fingerprint density at radius 1 is 1.60 bits per heavy atom. The topological polar surface area (TPSA) is 54.4 Å². The summed E-state index contributed by atoms with van der Waals surface area (Å²) in [5.74, 6) is -0.619. The van der Waals surface area contributed by atoms with Crippen molar-refractivity contribution in [3.05, 3.63) is 11.6 Å². The van der Waals surface area contributed by atoms with Crippen LogP contribution in [0.1, 0.15) is 39.5 Å². The highest BCUT2D eigenvalue weighted by atomic mass is 16.4. The molecule has 0 bridgehead atoms. The second-order valence-corrected chi connectivity index (χ2v) is 4.64. The molecule has 0 aliphatic heterocycles. The molecule has 15 heavy (non-hydrogen) atoms. The van der Waals surface area contributed by atoms with Gasteiger partial charge in [-0.15, -0.1) is 0 Å². The van der Waals surface area contributed by atoms with Crippen LogP contribution in [0.5, 0.6) is 0 Å². The lowest BCUT2D eigenvalue weighted by Crippen LogP contribution is -2.21. The van der Waals surface area contributed by atoms with Crippen molar-refractivity contribution in [2.45, 2.75) is 39.5 Å². The van der Waals surface area contributed by atoms with Crippen LogP contribution in [-0.4, -0.2) is 16.9 Å². The molecule has 0 saturated heterocycles. The summed E-state index contributed by atoms with van der Waals surface area (Å²) in [6.07, 6.45) is 4.17. The molecule has 0 radical (unpaired) electrons. The summed E-state index contributed by atoms with van der Waals surface area (Å²) in [5, 5.41) is 8.62. The number of carbonyl (C=O) groups excluding carboxylic acids is 1. The maximum atomic E-state index is 11.6. The number of ketones is 1. The SMILES string of the molecule is CC(C)CC1=CC(=O)C(CC(=O)O)CC1. The summed E-state index contributed by atoms with van der Waals surface area (Å²) in [7, 11) is 0. The maximum absolute atomic E-state index is 11.6. The van der Waals surface area contributed by atoms with E-state index in [2.05, 4.69) is 13.8 Å². The zero-order valence-corrected chi connectivity index (χ0v) is 9.32. The van der Waals surface area contributed by atoms with Gasteiger partial charge in [-0.3, -0.25) is 9.59 Å². The molecule has 1 N–H and O–H groups in total. The molecule has 3 nitrogen and oxygen atoms in total. The van der Waals surface area contributed by atoms with Gasteiger partial charge in [-0.1, -0.05) is 19.4 Å². The fraction of sp³-hybridized carbons (Fsp3) is 0.667. The summed E-state index contributed by atoms with van der Waals surface area (Å²) in [6.45, 7) is 4.24. The standard InChI is InChI=1S/C12H18O3/c1-8(2)5-9-3-4-10(7-12(14)15)11(13)6-9/h6,8,10H,3-5,7H2,1-2H3,(H,14,15). The predicted octanol–water partition coefficient (Wildman–Crippen LogP) is 2.41. The van der Waals surface area contributed by atoms with Crippen LogP contribution in [0.2, 0.25) is 0 Å². The molecular formula is C12H18O3. The van der Waals surface area contributed by atoms with Crippen LogP contribution >= 0.6 is 0 Å². The highest BCUT2D eigenvalue weighted by Crippen LogP contribution is 2.27. The largest absolute Gasteiger partial charge is 0.481 e. The zero-order valence-electron chi connectivity index (χ0n) is 9.32. The highest BCUT2D eigenvalue weighted by Gasteiger charge is 2.24. The van der Waals surface area contributed by atoms with Gasteiger partial charge in [0.25, 0.3) is 0 Å². The van der Waals surface area contributed by atoms with Crippen molar-refractivity contribution in [3.8, 4) is 0 Å². The molecule has 0 saturated carbocycles. The van der Waals surface area contributed by atoms with Gasteiger partial charge in [0.2, 0.25) is 0 Å². The lowest BCUT2D eigenvalue weighted by molar-refractivity contribution is -0.140. The third-order valence-corrected chi connectivity index (χ3v) is 2.65. The summed E-state index contributed by atoms with van der Waals surface area (Å²) >= 11 is 0. The third kappa shape index (κ3) is 3.86. The van der Waals surface area contributed by atoms with Gasteiger partial charge >= 0.3 is 5.97 Å². The van der Waals surface area contributed by atoms with E-state index in [0.29, 0.717) is 12.3 Å². The second-order valence-electron chi connectivity index (χ2n) is 4.64. The Morgan fingerprint density at radius 2 is 2.27 bits per heavy atom. The highest BCUT2D eigenvalue weighted by molar-refractivity contribution is 5.95. The smallest absolute Gasteiger partial charge is 0.304 e. The number of carbonyl (C=O) groups is 2. The fourth-order valence-electron chi connectivity index (χ4n) is 1.99. The van der Waals surface area contributed by atoms with Crippen LogP contribution in [0.25, 0.3) is 0 Å². The van der Waals surface area contributed by atoms with E-state index in [4.69, 9.17) is 5.11 Å². The van der Waals surface area contributed by atoms with Gasteiger partial charge < -0.3 is 5.11 Å². The first-order chi connectivity index (χ1) is 6.99. The van der Waals surface area contributed by atoms with Crippen LogP contribution in [-0.2, 0) is 9.59 Å². The van der Waals surface area contributed by atoms with Gasteiger partial charge in [-0.25, -0.2) is 0 Å². The van der Waals surface area contributed by atoms with Crippen molar-refractivity contribution in [2.75, 3.05) is 0 Å². The van der Waals surface area contributed by atoms with Crippen LogP contribution in [0.3, 0.4) is 0 Å². The third-order valence-electron chi connectivity index (χ3n) is 2.65. The zero-order chi connectivity index (χ0) is 11.4. The number of carboxylic acid groups (broad SMARTS) is 1. The van der Waals surface area contributed by atoms with Crippen LogP contribution in [0.15, 0.2) is 11.6 Å². The molecule has 0 aromatic carbocycles. The molecule has 0 heterocycles. The minimum atomic E-state index is -0.881. The average molecular weight is 210 g/mol. The van der Waals surface area contributed by atoms with Crippen molar-refractivity contribution in [1.29, 1.82) is 0 Å². The quantitative estimate of drug-likeness (QED) is 0.775. The van der Waals surface area contributed by atoms with Gasteiger partial charge in [0.15, 0.2) is 5.78 Å². The molecule has 1 aliphatic rings. The van der Waals surface area contributed by atoms with E-state index in [9.17, 15) is 9.59 Å². The van der Waals surface area contributed by atoms with Gasteiger partial charge in [0.1, 0.15) is 0 Å². The molecule has 1 rings (SSSR count). The number of allylic oxidation sites excluding steroid dienone is 2. The first kappa shape index (κ1) is 12.0. The number of rotatable bonds is 4. The normalized spacial score (nSPS) is 21.7. The molecule has 0 spiro atoms. The molecule has 0 amide bonds. The van der Waals surface area contributed by atoms with Crippen LogP contribution in [0.4, 0.5) is 0 Å². The molecule has 3 heteroatoms. The molecule has 0 fully saturated rings. The Bertz CT molecular complexity index is 289. The molecule has 0 aromatic heterocycles. The Balaban J connectivity index is 2.57. The number of carboxylic acids is 1. The van der Waals surface area contributed by atoms with Crippen molar-refractivity contribution < 1.29 is 14.7 Å². The molecule has 1 atom stereocenters. The monoisotopic (exact) mass is 210 g/mol. The lowest BCUT2D eigenvalue weighted by atomic mass is 9.84. The maximum Gasteiger partial charge on any atom is 0.304 e. The Hall–Kier alpha value is -1.12. The van der Waals surface area contributed by atoms with Gasteiger partial charge in [-0.2, -0.15) is 0 Å². The first-order valence-electron chi connectivity index (χ1n) is 5.44. The summed E-state index contributed by atoms with van der Waals surface area (Å²) in [5.41, 5.74) is 1.18. The van der Waals surface area contributed by atoms with Crippen LogP contribution < -0.4 is 0 Å². The van der Waals surface area contributed by atoms with Crippen molar-refractivity contribution in [3.63, 3.8) is 0 Å². The average Bonchev–Trinajstić information content (AvgIpc) is 2.08. The van der Waals surface area contributed by atoms with E-state index in [1.807, 2.05) is 0 Å². The summed E-state index contributed by atoms with van der Waals surface area (Å²) in [6, 6.07) is 0. The first-order valence-corrected chi connectivity index (χ1v) is 5.44. The van der Waals surface area contributed by atoms with E-state index < -0.39 is 5.97 Å². The summed E-state index contributed by atoms with van der Waals surface area (Å²) in [4.78, 5) is 22.1. The molecular weight excluding hydrogens is 192 g/mol. The second kappa shape index (κ2) is 5.10. The van der Waals surface area contributed by atoms with E-state index in [-0.39, 0.29) is 18.1 Å². The van der Waals surface area contributed by atoms with Gasteiger partial charge in [-0.05, 0) is 31.3 Å². The van der Waals surface area contributed by atoms with Crippen molar-refractivity contribution in [1.82, 2.24) is 0 Å². The number of hydrogen-bond acceptors (Lipinski definition) is 2. The van der Waals surface area contributed by atoms with Crippen molar-refractivity contribution in [2.24, 2.45) is 11.8 Å².